The molecule has 134 valence electrons. The minimum atomic E-state index is 0.380. The van der Waals surface area contributed by atoms with Gasteiger partial charge < -0.3 is 15.1 Å². The number of piperazine rings is 1. The van der Waals surface area contributed by atoms with Gasteiger partial charge in [0.25, 0.3) is 0 Å². The van der Waals surface area contributed by atoms with Crippen LogP contribution in [0.4, 0.5) is 17.5 Å². The third kappa shape index (κ3) is 4.00. The number of nitrogens with zero attached hydrogens (tertiary/aromatic N) is 5. The van der Waals surface area contributed by atoms with Crippen LogP contribution in [0.25, 0.3) is 0 Å². The number of benzene rings is 1. The monoisotopic (exact) mass is 340 g/mol. The van der Waals surface area contributed by atoms with E-state index >= 15 is 0 Å². The lowest BCUT2D eigenvalue weighted by Gasteiger charge is -2.36. The highest BCUT2D eigenvalue weighted by atomic mass is 15.4. The van der Waals surface area contributed by atoms with Crippen LogP contribution in [0.15, 0.2) is 24.4 Å². The van der Waals surface area contributed by atoms with E-state index in [2.05, 4.69) is 76.2 Å². The number of aromatic nitrogens is 3. The lowest BCUT2D eigenvalue weighted by Crippen LogP contribution is -2.47. The van der Waals surface area contributed by atoms with Gasteiger partial charge in [-0.3, -0.25) is 0 Å². The van der Waals surface area contributed by atoms with Gasteiger partial charge in [-0.1, -0.05) is 19.1 Å². The molecule has 0 spiro atoms. The zero-order valence-electron chi connectivity index (χ0n) is 15.7. The number of aryl methyl sites for hydroxylation is 1. The Balaban J connectivity index is 1.66. The van der Waals surface area contributed by atoms with Crippen LogP contribution >= 0.6 is 0 Å². The molecule has 1 aliphatic heterocycles. The van der Waals surface area contributed by atoms with Crippen molar-refractivity contribution in [1.82, 2.24) is 15.2 Å². The minimum absolute atomic E-state index is 0.380. The minimum Gasteiger partial charge on any atom is -0.368 e. The molecule has 1 atom stereocenters. The first-order chi connectivity index (χ1) is 12.1. The third-order valence-electron chi connectivity index (χ3n) is 5.03. The van der Waals surface area contributed by atoms with Crippen LogP contribution < -0.4 is 15.1 Å². The summed E-state index contributed by atoms with van der Waals surface area (Å²) in [6.07, 6.45) is 2.75. The standard InChI is InChI=1S/C19H28N6/c1-5-15(3)21-18-13-20-23-19(22-18)25-11-9-24(10-12-25)17-8-6-7-14(2)16(17)4/h6-8,13,15H,5,9-12H2,1-4H3,(H,21,22,23). The molecule has 0 saturated carbocycles. The molecule has 1 N–H and O–H groups in total. The number of nitrogens with one attached hydrogen (secondary N) is 1. The molecule has 1 unspecified atom stereocenters. The molecule has 25 heavy (non-hydrogen) atoms. The summed E-state index contributed by atoms with van der Waals surface area (Å²) in [4.78, 5) is 9.31. The van der Waals surface area contributed by atoms with Gasteiger partial charge in [0.1, 0.15) is 0 Å². The fourth-order valence-electron chi connectivity index (χ4n) is 3.08. The van der Waals surface area contributed by atoms with E-state index in [0.717, 1.165) is 38.4 Å². The van der Waals surface area contributed by atoms with Crippen molar-refractivity contribution >= 4 is 17.5 Å². The van der Waals surface area contributed by atoms with Crippen LogP contribution in [0.2, 0.25) is 0 Å². The first kappa shape index (κ1) is 17.5. The van der Waals surface area contributed by atoms with E-state index in [4.69, 9.17) is 0 Å². The van der Waals surface area contributed by atoms with Crippen molar-refractivity contribution in [2.45, 2.75) is 40.2 Å². The van der Waals surface area contributed by atoms with Gasteiger partial charge in [-0.25, -0.2) is 0 Å². The van der Waals surface area contributed by atoms with Gasteiger partial charge in [0.2, 0.25) is 5.95 Å². The van der Waals surface area contributed by atoms with Crippen LogP contribution in [0, 0.1) is 13.8 Å². The summed E-state index contributed by atoms with van der Waals surface area (Å²) >= 11 is 0. The predicted molar refractivity (Wildman–Crippen MR) is 104 cm³/mol. The molecule has 6 heteroatoms. The Morgan fingerprint density at radius 3 is 2.56 bits per heavy atom. The fraction of sp³-hybridized carbons (Fsp3) is 0.526. The number of hydrogen-bond donors (Lipinski definition) is 1. The summed E-state index contributed by atoms with van der Waals surface area (Å²) in [5.41, 5.74) is 4.05. The predicted octanol–water partition coefficient (Wildman–Crippen LogP) is 3.03. The second-order valence-corrected chi connectivity index (χ2v) is 6.79. The average molecular weight is 340 g/mol. The molecule has 1 aliphatic rings. The van der Waals surface area contributed by atoms with Gasteiger partial charge in [-0.2, -0.15) is 10.1 Å². The summed E-state index contributed by atoms with van der Waals surface area (Å²) in [7, 11) is 0. The fourth-order valence-corrected chi connectivity index (χ4v) is 3.08. The number of rotatable bonds is 5. The largest absolute Gasteiger partial charge is 0.368 e. The van der Waals surface area contributed by atoms with Crippen molar-refractivity contribution in [3.63, 3.8) is 0 Å². The number of hydrogen-bond acceptors (Lipinski definition) is 6. The van der Waals surface area contributed by atoms with Crippen molar-refractivity contribution in [2.24, 2.45) is 0 Å². The van der Waals surface area contributed by atoms with Gasteiger partial charge >= 0.3 is 0 Å². The van der Waals surface area contributed by atoms with Crippen molar-refractivity contribution in [1.29, 1.82) is 0 Å². The zero-order valence-corrected chi connectivity index (χ0v) is 15.7. The van der Waals surface area contributed by atoms with Gasteiger partial charge in [-0.05, 0) is 44.4 Å². The highest BCUT2D eigenvalue weighted by molar-refractivity contribution is 5.57. The molecule has 1 aromatic carbocycles. The Morgan fingerprint density at radius 2 is 1.84 bits per heavy atom. The maximum atomic E-state index is 4.64. The summed E-state index contributed by atoms with van der Waals surface area (Å²) in [6.45, 7) is 12.4. The first-order valence-corrected chi connectivity index (χ1v) is 9.11. The Morgan fingerprint density at radius 1 is 1.12 bits per heavy atom. The first-order valence-electron chi connectivity index (χ1n) is 9.11. The third-order valence-corrected chi connectivity index (χ3v) is 5.03. The molecular weight excluding hydrogens is 312 g/mol. The Bertz CT molecular complexity index is 709. The van der Waals surface area contributed by atoms with Crippen LogP contribution in [0.1, 0.15) is 31.4 Å². The molecule has 2 aromatic rings. The normalized spacial score (nSPS) is 16.0. The van der Waals surface area contributed by atoms with Crippen molar-refractivity contribution in [3.8, 4) is 0 Å². The van der Waals surface area contributed by atoms with E-state index in [1.165, 1.54) is 16.8 Å². The van der Waals surface area contributed by atoms with E-state index in [9.17, 15) is 0 Å². The van der Waals surface area contributed by atoms with E-state index < -0.39 is 0 Å². The van der Waals surface area contributed by atoms with Crippen LogP contribution in [-0.2, 0) is 0 Å². The van der Waals surface area contributed by atoms with Crippen molar-refractivity contribution in [3.05, 3.63) is 35.5 Å². The Labute approximate surface area is 150 Å². The zero-order chi connectivity index (χ0) is 17.8. The maximum absolute atomic E-state index is 4.64. The van der Waals surface area contributed by atoms with Gasteiger partial charge in [0.05, 0.1) is 6.20 Å². The van der Waals surface area contributed by atoms with Crippen LogP contribution in [0.3, 0.4) is 0 Å². The van der Waals surface area contributed by atoms with Crippen molar-refractivity contribution < 1.29 is 0 Å². The molecule has 0 amide bonds. The SMILES string of the molecule is CCC(C)Nc1cnnc(N2CCN(c3cccc(C)c3C)CC2)n1. The highest BCUT2D eigenvalue weighted by Gasteiger charge is 2.21. The summed E-state index contributed by atoms with van der Waals surface area (Å²) in [5, 5.41) is 11.7. The molecule has 1 saturated heterocycles. The van der Waals surface area contributed by atoms with Gasteiger partial charge in [-0.15, -0.1) is 5.10 Å². The number of anilines is 3. The van der Waals surface area contributed by atoms with Crippen LogP contribution in [-0.4, -0.2) is 47.4 Å². The lowest BCUT2D eigenvalue weighted by atomic mass is 10.1. The quantitative estimate of drug-likeness (QED) is 0.903. The summed E-state index contributed by atoms with van der Waals surface area (Å²) < 4.78 is 0. The molecule has 1 fully saturated rings. The van der Waals surface area contributed by atoms with E-state index in [0.29, 0.717) is 12.0 Å². The van der Waals surface area contributed by atoms with Gasteiger partial charge in [0.15, 0.2) is 5.82 Å². The Kier molecular flexibility index (Phi) is 5.36. The highest BCUT2D eigenvalue weighted by Crippen LogP contribution is 2.24. The summed E-state index contributed by atoms with van der Waals surface area (Å²) in [5.74, 6) is 1.52. The molecular formula is C19H28N6. The topological polar surface area (TPSA) is 57.2 Å². The second kappa shape index (κ2) is 7.68. The van der Waals surface area contributed by atoms with E-state index in [1.54, 1.807) is 6.20 Å². The van der Waals surface area contributed by atoms with E-state index in [1.807, 2.05) is 0 Å². The molecule has 0 radical (unpaired) electrons. The van der Waals surface area contributed by atoms with Crippen molar-refractivity contribution in [2.75, 3.05) is 41.3 Å². The van der Waals surface area contributed by atoms with E-state index in [-0.39, 0.29) is 0 Å². The smallest absolute Gasteiger partial charge is 0.247 e. The molecule has 0 aliphatic carbocycles. The maximum Gasteiger partial charge on any atom is 0.247 e. The summed E-state index contributed by atoms with van der Waals surface area (Å²) in [6, 6.07) is 6.91. The molecule has 6 nitrogen and oxygen atoms in total. The Hall–Kier alpha value is -2.37. The lowest BCUT2D eigenvalue weighted by molar-refractivity contribution is 0.633. The molecule has 2 heterocycles. The molecule has 0 bridgehead atoms. The van der Waals surface area contributed by atoms with Gasteiger partial charge in [0, 0.05) is 37.9 Å². The van der Waals surface area contributed by atoms with Crippen LogP contribution in [0.5, 0.6) is 0 Å². The molecule has 1 aromatic heterocycles. The molecule has 3 rings (SSSR count). The average Bonchev–Trinajstić information content (AvgIpc) is 2.64. The second-order valence-electron chi connectivity index (χ2n) is 6.79.